The number of ether oxygens (including phenoxy) is 1. The second kappa shape index (κ2) is 5.64. The molecule has 0 radical (unpaired) electrons. The highest BCUT2D eigenvalue weighted by Crippen LogP contribution is 2.32. The zero-order valence-corrected chi connectivity index (χ0v) is 13.6. The molecule has 5 aromatic carbocycles. The Labute approximate surface area is 146 Å². The van der Waals surface area contributed by atoms with Crippen molar-refractivity contribution in [3.05, 3.63) is 97.1 Å². The van der Waals surface area contributed by atoms with E-state index in [4.69, 9.17) is 4.74 Å². The lowest BCUT2D eigenvalue weighted by Crippen LogP contribution is -1.86. The molecule has 0 aliphatic rings. The molecule has 0 N–H and O–H groups in total. The van der Waals surface area contributed by atoms with Crippen molar-refractivity contribution in [2.45, 2.75) is 0 Å². The van der Waals surface area contributed by atoms with Gasteiger partial charge < -0.3 is 4.74 Å². The molecule has 0 amide bonds. The summed E-state index contributed by atoms with van der Waals surface area (Å²) in [4.78, 5) is 0. The standard InChI is InChI=1S/C24H16O/c1-2-8-19-15-21-16-22(13-12-20(21)14-18(19)7-1)25-24-11-5-9-17-6-3-4-10-23(17)24/h1-16H. The van der Waals surface area contributed by atoms with E-state index in [2.05, 4.69) is 66.7 Å². The molecule has 0 unspecified atom stereocenters. The maximum absolute atomic E-state index is 6.21. The monoisotopic (exact) mass is 320 g/mol. The average Bonchev–Trinajstić information content (AvgIpc) is 2.67. The van der Waals surface area contributed by atoms with Crippen LogP contribution in [0.3, 0.4) is 0 Å². The molecule has 0 heterocycles. The number of hydrogen-bond donors (Lipinski definition) is 0. The first-order chi connectivity index (χ1) is 12.4. The van der Waals surface area contributed by atoms with E-state index in [1.807, 2.05) is 30.3 Å². The van der Waals surface area contributed by atoms with Crippen molar-refractivity contribution in [1.29, 1.82) is 0 Å². The summed E-state index contributed by atoms with van der Waals surface area (Å²) in [6.45, 7) is 0. The predicted octanol–water partition coefficient (Wildman–Crippen LogP) is 6.94. The lowest BCUT2D eigenvalue weighted by molar-refractivity contribution is 0.489. The van der Waals surface area contributed by atoms with Gasteiger partial charge in [-0.15, -0.1) is 0 Å². The van der Waals surface area contributed by atoms with Crippen LogP contribution in [0.1, 0.15) is 0 Å². The summed E-state index contributed by atoms with van der Waals surface area (Å²) in [5.41, 5.74) is 0. The van der Waals surface area contributed by atoms with Crippen LogP contribution in [0.15, 0.2) is 97.1 Å². The van der Waals surface area contributed by atoms with E-state index in [1.165, 1.54) is 26.9 Å². The summed E-state index contributed by atoms with van der Waals surface area (Å²) < 4.78 is 6.21. The minimum absolute atomic E-state index is 0.860. The highest BCUT2D eigenvalue weighted by Gasteiger charge is 2.05. The largest absolute Gasteiger partial charge is 0.457 e. The van der Waals surface area contributed by atoms with Gasteiger partial charge in [0.25, 0.3) is 0 Å². The average molecular weight is 320 g/mol. The lowest BCUT2D eigenvalue weighted by Gasteiger charge is -2.10. The van der Waals surface area contributed by atoms with Crippen LogP contribution in [0.4, 0.5) is 0 Å². The third-order valence-corrected chi connectivity index (χ3v) is 4.65. The Kier molecular flexibility index (Phi) is 3.17. The van der Waals surface area contributed by atoms with Gasteiger partial charge in [-0.25, -0.2) is 0 Å². The van der Waals surface area contributed by atoms with Crippen molar-refractivity contribution in [2.75, 3.05) is 0 Å². The third kappa shape index (κ3) is 2.50. The van der Waals surface area contributed by atoms with Gasteiger partial charge in [-0.3, -0.25) is 0 Å². The van der Waals surface area contributed by atoms with Crippen LogP contribution in [0.25, 0.3) is 32.3 Å². The maximum atomic E-state index is 6.21. The van der Waals surface area contributed by atoms with Gasteiger partial charge in [0.2, 0.25) is 0 Å². The minimum atomic E-state index is 0.860. The lowest BCUT2D eigenvalue weighted by atomic mass is 10.0. The van der Waals surface area contributed by atoms with Crippen LogP contribution in [0.5, 0.6) is 11.5 Å². The van der Waals surface area contributed by atoms with Crippen molar-refractivity contribution < 1.29 is 4.74 Å². The molecule has 5 aromatic rings. The fourth-order valence-corrected chi connectivity index (χ4v) is 3.39. The Morgan fingerprint density at radius 1 is 0.440 bits per heavy atom. The van der Waals surface area contributed by atoms with Crippen molar-refractivity contribution in [2.24, 2.45) is 0 Å². The molecule has 0 saturated carbocycles. The molecule has 0 aliphatic carbocycles. The molecule has 0 saturated heterocycles. The van der Waals surface area contributed by atoms with Crippen LogP contribution in [0, 0.1) is 0 Å². The summed E-state index contributed by atoms with van der Waals surface area (Å²) >= 11 is 0. The summed E-state index contributed by atoms with van der Waals surface area (Å²) in [6.07, 6.45) is 0. The van der Waals surface area contributed by atoms with Gasteiger partial charge in [0.1, 0.15) is 11.5 Å². The number of hydrogen-bond acceptors (Lipinski definition) is 1. The quantitative estimate of drug-likeness (QED) is 0.320. The van der Waals surface area contributed by atoms with E-state index in [1.54, 1.807) is 0 Å². The Morgan fingerprint density at radius 3 is 1.92 bits per heavy atom. The summed E-state index contributed by atoms with van der Waals surface area (Å²) in [5, 5.41) is 7.24. The van der Waals surface area contributed by atoms with Gasteiger partial charge >= 0.3 is 0 Å². The Bertz CT molecular complexity index is 1220. The van der Waals surface area contributed by atoms with Gasteiger partial charge in [-0.2, -0.15) is 0 Å². The van der Waals surface area contributed by atoms with Crippen molar-refractivity contribution in [3.63, 3.8) is 0 Å². The van der Waals surface area contributed by atoms with E-state index in [9.17, 15) is 0 Å². The van der Waals surface area contributed by atoms with E-state index in [-0.39, 0.29) is 0 Å². The molecule has 1 heteroatoms. The van der Waals surface area contributed by atoms with Gasteiger partial charge in [0.05, 0.1) is 0 Å². The van der Waals surface area contributed by atoms with Crippen molar-refractivity contribution in [1.82, 2.24) is 0 Å². The van der Waals surface area contributed by atoms with Crippen molar-refractivity contribution in [3.8, 4) is 11.5 Å². The van der Waals surface area contributed by atoms with E-state index in [0.717, 1.165) is 16.9 Å². The zero-order valence-electron chi connectivity index (χ0n) is 13.6. The topological polar surface area (TPSA) is 9.23 Å². The molecule has 1 nitrogen and oxygen atoms in total. The van der Waals surface area contributed by atoms with Gasteiger partial charge in [-0.1, -0.05) is 66.7 Å². The predicted molar refractivity (Wildman–Crippen MR) is 105 cm³/mol. The van der Waals surface area contributed by atoms with E-state index >= 15 is 0 Å². The maximum Gasteiger partial charge on any atom is 0.135 e. The minimum Gasteiger partial charge on any atom is -0.457 e. The Morgan fingerprint density at radius 2 is 1.08 bits per heavy atom. The van der Waals surface area contributed by atoms with Crippen LogP contribution < -0.4 is 4.74 Å². The van der Waals surface area contributed by atoms with Crippen LogP contribution >= 0.6 is 0 Å². The molecule has 0 fully saturated rings. The first kappa shape index (κ1) is 14.1. The zero-order chi connectivity index (χ0) is 16.6. The SMILES string of the molecule is c1ccc2cc3cc(Oc4cccc5ccccc45)ccc3cc2c1. The molecule has 0 aliphatic heterocycles. The summed E-state index contributed by atoms with van der Waals surface area (Å²) in [5.74, 6) is 1.75. The normalized spacial score (nSPS) is 11.2. The molecule has 5 rings (SSSR count). The van der Waals surface area contributed by atoms with Crippen LogP contribution in [-0.2, 0) is 0 Å². The first-order valence-corrected chi connectivity index (χ1v) is 8.45. The third-order valence-electron chi connectivity index (χ3n) is 4.65. The number of fused-ring (bicyclic) bond motifs is 3. The van der Waals surface area contributed by atoms with Gasteiger partial charge in [0.15, 0.2) is 0 Å². The molecule has 25 heavy (non-hydrogen) atoms. The highest BCUT2D eigenvalue weighted by molar-refractivity contribution is 5.98. The van der Waals surface area contributed by atoms with Gasteiger partial charge in [0, 0.05) is 5.39 Å². The smallest absolute Gasteiger partial charge is 0.135 e. The fraction of sp³-hybridized carbons (Fsp3) is 0. The fourth-order valence-electron chi connectivity index (χ4n) is 3.39. The number of benzene rings is 5. The molecule has 118 valence electrons. The second-order valence-corrected chi connectivity index (χ2v) is 6.29. The highest BCUT2D eigenvalue weighted by atomic mass is 16.5. The van der Waals surface area contributed by atoms with Gasteiger partial charge in [-0.05, 0) is 57.3 Å². The summed E-state index contributed by atoms with van der Waals surface area (Å²) in [6, 6.07) is 33.6. The van der Waals surface area contributed by atoms with Crippen molar-refractivity contribution >= 4 is 32.3 Å². The molecular weight excluding hydrogens is 304 g/mol. The Balaban J connectivity index is 1.61. The molecule has 0 spiro atoms. The molecule has 0 atom stereocenters. The van der Waals surface area contributed by atoms with E-state index in [0.29, 0.717) is 0 Å². The molecular formula is C24H16O. The number of rotatable bonds is 2. The first-order valence-electron chi connectivity index (χ1n) is 8.45. The second-order valence-electron chi connectivity index (χ2n) is 6.29. The van der Waals surface area contributed by atoms with Crippen LogP contribution in [-0.4, -0.2) is 0 Å². The van der Waals surface area contributed by atoms with Crippen LogP contribution in [0.2, 0.25) is 0 Å². The van der Waals surface area contributed by atoms with E-state index < -0.39 is 0 Å². The summed E-state index contributed by atoms with van der Waals surface area (Å²) in [7, 11) is 0. The Hall–Kier alpha value is -3.32. The molecule has 0 aromatic heterocycles. The molecule has 0 bridgehead atoms.